The number of rotatable bonds is 5. The van der Waals surface area contributed by atoms with Gasteiger partial charge in [-0.1, -0.05) is 6.92 Å². The molecule has 0 spiro atoms. The summed E-state index contributed by atoms with van der Waals surface area (Å²) in [5, 5.41) is -0.111. The molecule has 2 heterocycles. The van der Waals surface area contributed by atoms with Crippen molar-refractivity contribution < 1.29 is 8.42 Å². The molecule has 0 saturated carbocycles. The van der Waals surface area contributed by atoms with Gasteiger partial charge in [-0.3, -0.25) is 0 Å². The standard InChI is InChI=1S/C11H15ClN4O2S/c1-3-9-14-11(19(12,17)18)8-16(9)7-10-13-5-6-15(10)4-2/h5-6,8H,3-4,7H2,1-2H3. The zero-order chi connectivity index (χ0) is 14.0. The zero-order valence-electron chi connectivity index (χ0n) is 10.7. The topological polar surface area (TPSA) is 69.8 Å². The van der Waals surface area contributed by atoms with Gasteiger partial charge in [-0.25, -0.2) is 18.4 Å². The van der Waals surface area contributed by atoms with Gasteiger partial charge in [0.2, 0.25) is 0 Å². The van der Waals surface area contributed by atoms with E-state index in [1.807, 2.05) is 24.6 Å². The highest BCUT2D eigenvalue weighted by atomic mass is 35.7. The van der Waals surface area contributed by atoms with Crippen molar-refractivity contribution in [1.29, 1.82) is 0 Å². The predicted octanol–water partition coefficient (Wildman–Crippen LogP) is 1.64. The van der Waals surface area contributed by atoms with E-state index >= 15 is 0 Å². The normalized spacial score (nSPS) is 11.9. The van der Waals surface area contributed by atoms with Crippen molar-refractivity contribution in [3.63, 3.8) is 0 Å². The minimum absolute atomic E-state index is 0.111. The highest BCUT2D eigenvalue weighted by molar-refractivity contribution is 8.13. The lowest BCUT2D eigenvalue weighted by Gasteiger charge is -2.07. The van der Waals surface area contributed by atoms with Gasteiger partial charge in [0.25, 0.3) is 9.05 Å². The fourth-order valence-electron chi connectivity index (χ4n) is 1.90. The monoisotopic (exact) mass is 302 g/mol. The van der Waals surface area contributed by atoms with E-state index in [0.29, 0.717) is 18.8 Å². The van der Waals surface area contributed by atoms with Gasteiger partial charge in [0, 0.05) is 42.2 Å². The smallest absolute Gasteiger partial charge is 0.280 e. The van der Waals surface area contributed by atoms with Crippen LogP contribution in [0.5, 0.6) is 0 Å². The first-order valence-electron chi connectivity index (χ1n) is 5.96. The summed E-state index contributed by atoms with van der Waals surface area (Å²) in [6, 6.07) is 0. The maximum absolute atomic E-state index is 11.3. The molecule has 0 bridgehead atoms. The fourth-order valence-corrected chi connectivity index (χ4v) is 2.59. The van der Waals surface area contributed by atoms with Crippen LogP contribution >= 0.6 is 10.7 Å². The molecule has 0 fully saturated rings. The average molecular weight is 303 g/mol. The first-order valence-corrected chi connectivity index (χ1v) is 8.27. The van der Waals surface area contributed by atoms with Gasteiger partial charge >= 0.3 is 0 Å². The molecule has 104 valence electrons. The Kier molecular flexibility index (Phi) is 3.96. The molecule has 0 unspecified atom stereocenters. The van der Waals surface area contributed by atoms with Gasteiger partial charge in [-0.2, -0.15) is 0 Å². The van der Waals surface area contributed by atoms with Gasteiger partial charge in [-0.15, -0.1) is 0 Å². The Bertz CT molecular complexity index is 675. The molecule has 0 saturated heterocycles. The summed E-state index contributed by atoms with van der Waals surface area (Å²) in [6.07, 6.45) is 5.69. The third-order valence-electron chi connectivity index (χ3n) is 2.86. The van der Waals surface area contributed by atoms with E-state index in [4.69, 9.17) is 10.7 Å². The molecule has 0 atom stereocenters. The molecule has 0 radical (unpaired) electrons. The summed E-state index contributed by atoms with van der Waals surface area (Å²) in [7, 11) is 1.52. The summed E-state index contributed by atoms with van der Waals surface area (Å²) in [5.41, 5.74) is 0. The molecule has 2 rings (SSSR count). The lowest BCUT2D eigenvalue weighted by Crippen LogP contribution is -2.09. The lowest BCUT2D eigenvalue weighted by molar-refractivity contribution is 0.606. The molecule has 2 aromatic rings. The number of aryl methyl sites for hydroxylation is 2. The van der Waals surface area contributed by atoms with Crippen molar-refractivity contribution >= 4 is 19.7 Å². The molecule has 2 aromatic heterocycles. The summed E-state index contributed by atoms with van der Waals surface area (Å²) in [5.74, 6) is 1.53. The van der Waals surface area contributed by atoms with Crippen LogP contribution in [0.1, 0.15) is 25.5 Å². The minimum Gasteiger partial charge on any atom is -0.334 e. The molecule has 0 amide bonds. The molecular formula is C11H15ClN4O2S. The maximum atomic E-state index is 11.3. The molecule has 0 aliphatic heterocycles. The van der Waals surface area contributed by atoms with E-state index in [-0.39, 0.29) is 5.03 Å². The first-order chi connectivity index (χ1) is 8.95. The number of hydrogen-bond donors (Lipinski definition) is 0. The Hall–Kier alpha value is -1.34. The van der Waals surface area contributed by atoms with Crippen LogP contribution in [0.4, 0.5) is 0 Å². The molecule has 8 heteroatoms. The second-order valence-corrected chi connectivity index (χ2v) is 6.56. The Morgan fingerprint density at radius 3 is 2.58 bits per heavy atom. The van der Waals surface area contributed by atoms with E-state index < -0.39 is 9.05 Å². The summed E-state index contributed by atoms with van der Waals surface area (Å²) >= 11 is 0. The second kappa shape index (κ2) is 5.34. The highest BCUT2D eigenvalue weighted by Crippen LogP contribution is 2.16. The van der Waals surface area contributed by atoms with Gasteiger partial charge in [0.15, 0.2) is 5.03 Å². The first kappa shape index (κ1) is 14.1. The van der Waals surface area contributed by atoms with E-state index in [1.165, 1.54) is 6.20 Å². The Morgan fingerprint density at radius 2 is 2.00 bits per heavy atom. The number of aromatic nitrogens is 4. The summed E-state index contributed by atoms with van der Waals surface area (Å²) in [4.78, 5) is 8.30. The third kappa shape index (κ3) is 2.98. The number of imidazole rings is 2. The van der Waals surface area contributed by atoms with Crippen molar-refractivity contribution in [2.45, 2.75) is 38.4 Å². The largest absolute Gasteiger partial charge is 0.334 e. The number of nitrogens with zero attached hydrogens (tertiary/aromatic N) is 4. The van der Waals surface area contributed by atoms with Crippen LogP contribution in [-0.4, -0.2) is 27.5 Å². The van der Waals surface area contributed by atoms with Gasteiger partial charge in [0.05, 0.1) is 6.54 Å². The molecule has 0 aromatic carbocycles. The van der Waals surface area contributed by atoms with Crippen molar-refractivity contribution in [2.24, 2.45) is 0 Å². The van der Waals surface area contributed by atoms with Gasteiger partial charge in [0.1, 0.15) is 11.6 Å². The predicted molar refractivity (Wildman–Crippen MR) is 71.6 cm³/mol. The summed E-state index contributed by atoms with van der Waals surface area (Å²) < 4.78 is 26.4. The molecule has 6 nitrogen and oxygen atoms in total. The van der Waals surface area contributed by atoms with Crippen LogP contribution < -0.4 is 0 Å². The van der Waals surface area contributed by atoms with Crippen LogP contribution in [0.3, 0.4) is 0 Å². The number of halogens is 1. The zero-order valence-corrected chi connectivity index (χ0v) is 12.3. The van der Waals surface area contributed by atoms with E-state index in [9.17, 15) is 8.42 Å². The van der Waals surface area contributed by atoms with Crippen LogP contribution in [0.2, 0.25) is 0 Å². The fraction of sp³-hybridized carbons (Fsp3) is 0.455. The van der Waals surface area contributed by atoms with Crippen LogP contribution in [0.25, 0.3) is 0 Å². The Morgan fingerprint density at radius 1 is 1.26 bits per heavy atom. The molecule has 0 aliphatic carbocycles. The van der Waals surface area contributed by atoms with E-state index in [2.05, 4.69) is 9.97 Å². The molecule has 19 heavy (non-hydrogen) atoms. The van der Waals surface area contributed by atoms with Crippen LogP contribution in [0, 0.1) is 0 Å². The van der Waals surface area contributed by atoms with Gasteiger partial charge in [-0.05, 0) is 6.92 Å². The SMILES string of the molecule is CCc1nc(S(=O)(=O)Cl)cn1Cc1nccn1CC. The van der Waals surface area contributed by atoms with E-state index in [1.54, 1.807) is 10.8 Å². The van der Waals surface area contributed by atoms with Crippen LogP contribution in [-0.2, 0) is 28.6 Å². The Labute approximate surface area is 116 Å². The van der Waals surface area contributed by atoms with Gasteiger partial charge < -0.3 is 9.13 Å². The summed E-state index contributed by atoms with van der Waals surface area (Å²) in [6.45, 7) is 5.22. The molecule has 0 aliphatic rings. The molecule has 0 N–H and O–H groups in total. The minimum atomic E-state index is -3.80. The van der Waals surface area contributed by atoms with Crippen molar-refractivity contribution in [3.05, 3.63) is 30.2 Å². The average Bonchev–Trinajstić information content (AvgIpc) is 2.95. The Balaban J connectivity index is 2.37. The quantitative estimate of drug-likeness (QED) is 0.787. The maximum Gasteiger partial charge on any atom is 0.280 e. The molecular weight excluding hydrogens is 288 g/mol. The van der Waals surface area contributed by atoms with Crippen molar-refractivity contribution in [1.82, 2.24) is 19.1 Å². The van der Waals surface area contributed by atoms with E-state index in [0.717, 1.165) is 12.4 Å². The lowest BCUT2D eigenvalue weighted by atomic mass is 10.4. The number of hydrogen-bond acceptors (Lipinski definition) is 4. The second-order valence-electron chi connectivity index (χ2n) is 4.04. The highest BCUT2D eigenvalue weighted by Gasteiger charge is 2.17. The van der Waals surface area contributed by atoms with Crippen LogP contribution in [0.15, 0.2) is 23.6 Å². The van der Waals surface area contributed by atoms with Crippen molar-refractivity contribution in [2.75, 3.05) is 0 Å². The van der Waals surface area contributed by atoms with Crippen molar-refractivity contribution in [3.8, 4) is 0 Å². The third-order valence-corrected chi connectivity index (χ3v) is 4.03.